The van der Waals surface area contributed by atoms with Gasteiger partial charge in [0.15, 0.2) is 0 Å². The molecule has 0 spiro atoms. The molecule has 0 unspecified atom stereocenters. The first-order chi connectivity index (χ1) is 5.13. The van der Waals surface area contributed by atoms with E-state index in [-0.39, 0.29) is 0 Å². The summed E-state index contributed by atoms with van der Waals surface area (Å²) in [6, 6.07) is 0. The fraction of sp³-hybridized carbons (Fsp3) is 0.600. The number of allylic oxidation sites excluding steroid dienone is 4. The van der Waals surface area contributed by atoms with Gasteiger partial charge in [0.25, 0.3) is 0 Å². The number of nitrogens with two attached hydrogens (primary N) is 1. The summed E-state index contributed by atoms with van der Waals surface area (Å²) < 4.78 is 0. The van der Waals surface area contributed by atoms with Crippen molar-refractivity contribution in [1.29, 1.82) is 0 Å². The molecular weight excluding hydrogens is 134 g/mol. The Hall–Kier alpha value is -0.720. The number of unbranched alkanes of at least 4 members (excludes halogenated alkanes) is 1. The lowest BCUT2D eigenvalue weighted by molar-refractivity contribution is 0.823. The average Bonchev–Trinajstić information content (AvgIpc) is 1.85. The number of hydrogen-bond donors (Lipinski definition) is 1. The van der Waals surface area contributed by atoms with Crippen molar-refractivity contribution in [2.24, 2.45) is 11.7 Å². The maximum absolute atomic E-state index is 5.47. The molecule has 0 aromatic heterocycles. The minimum Gasteiger partial charge on any atom is -0.403 e. The molecule has 0 aliphatic carbocycles. The van der Waals surface area contributed by atoms with Crippen molar-refractivity contribution < 1.29 is 0 Å². The molecular formula is C10H19N. The first-order valence-corrected chi connectivity index (χ1v) is 4.22. The molecule has 0 heterocycles. The molecule has 0 saturated heterocycles. The molecule has 1 heteroatoms. The zero-order valence-corrected chi connectivity index (χ0v) is 7.80. The van der Waals surface area contributed by atoms with Crippen molar-refractivity contribution in [1.82, 2.24) is 0 Å². The topological polar surface area (TPSA) is 26.0 Å². The van der Waals surface area contributed by atoms with E-state index in [9.17, 15) is 0 Å². The molecule has 0 saturated carbocycles. The Labute approximate surface area is 70.0 Å². The zero-order valence-electron chi connectivity index (χ0n) is 7.80. The minimum atomic E-state index is 0.665. The average molecular weight is 153 g/mol. The SMILES string of the molecule is CC(N)=CCC/C=C\C(C)C. The van der Waals surface area contributed by atoms with Gasteiger partial charge >= 0.3 is 0 Å². The summed E-state index contributed by atoms with van der Waals surface area (Å²) in [6.07, 6.45) is 8.66. The van der Waals surface area contributed by atoms with E-state index in [2.05, 4.69) is 32.1 Å². The lowest BCUT2D eigenvalue weighted by atomic mass is 10.2. The summed E-state index contributed by atoms with van der Waals surface area (Å²) in [4.78, 5) is 0. The molecule has 64 valence electrons. The maximum atomic E-state index is 5.47. The summed E-state index contributed by atoms with van der Waals surface area (Å²) >= 11 is 0. The van der Waals surface area contributed by atoms with E-state index in [1.165, 1.54) is 0 Å². The van der Waals surface area contributed by atoms with Crippen molar-refractivity contribution in [3.8, 4) is 0 Å². The zero-order chi connectivity index (χ0) is 8.69. The Morgan fingerprint density at radius 2 is 2.00 bits per heavy atom. The van der Waals surface area contributed by atoms with Gasteiger partial charge in [-0.05, 0) is 25.7 Å². The highest BCUT2D eigenvalue weighted by atomic mass is 14.5. The van der Waals surface area contributed by atoms with Crippen molar-refractivity contribution in [2.75, 3.05) is 0 Å². The van der Waals surface area contributed by atoms with Gasteiger partial charge < -0.3 is 5.73 Å². The second-order valence-corrected chi connectivity index (χ2v) is 3.20. The van der Waals surface area contributed by atoms with Gasteiger partial charge in [-0.3, -0.25) is 0 Å². The van der Waals surface area contributed by atoms with E-state index < -0.39 is 0 Å². The normalized spacial score (nSPS) is 13.3. The highest BCUT2D eigenvalue weighted by Crippen LogP contribution is 1.99. The van der Waals surface area contributed by atoms with Crippen LogP contribution in [0.4, 0.5) is 0 Å². The Kier molecular flexibility index (Phi) is 5.63. The number of rotatable bonds is 4. The van der Waals surface area contributed by atoms with Crippen molar-refractivity contribution in [3.63, 3.8) is 0 Å². The predicted molar refractivity (Wildman–Crippen MR) is 51.2 cm³/mol. The lowest BCUT2D eigenvalue weighted by Crippen LogP contribution is -1.88. The van der Waals surface area contributed by atoms with Gasteiger partial charge in [0, 0.05) is 5.70 Å². The largest absolute Gasteiger partial charge is 0.403 e. The van der Waals surface area contributed by atoms with Crippen LogP contribution in [-0.4, -0.2) is 0 Å². The van der Waals surface area contributed by atoms with Crippen molar-refractivity contribution in [3.05, 3.63) is 23.9 Å². The van der Waals surface area contributed by atoms with E-state index in [1.807, 2.05) is 6.92 Å². The van der Waals surface area contributed by atoms with Gasteiger partial charge in [0.1, 0.15) is 0 Å². The summed E-state index contributed by atoms with van der Waals surface area (Å²) in [5.41, 5.74) is 6.39. The second kappa shape index (κ2) is 6.02. The monoisotopic (exact) mass is 153 g/mol. The van der Waals surface area contributed by atoms with Gasteiger partial charge in [0.05, 0.1) is 0 Å². The van der Waals surface area contributed by atoms with Crippen LogP contribution in [0.25, 0.3) is 0 Å². The molecule has 11 heavy (non-hydrogen) atoms. The quantitative estimate of drug-likeness (QED) is 0.488. The van der Waals surface area contributed by atoms with Crippen LogP contribution in [0.2, 0.25) is 0 Å². The van der Waals surface area contributed by atoms with Gasteiger partial charge in [-0.15, -0.1) is 0 Å². The smallest absolute Gasteiger partial charge is 0.000844 e. The predicted octanol–water partition coefficient (Wildman–Crippen LogP) is 2.84. The van der Waals surface area contributed by atoms with Gasteiger partial charge in [-0.25, -0.2) is 0 Å². The van der Waals surface area contributed by atoms with E-state index in [4.69, 9.17) is 5.73 Å². The van der Waals surface area contributed by atoms with E-state index in [0.29, 0.717) is 5.92 Å². The molecule has 2 N–H and O–H groups in total. The molecule has 0 bridgehead atoms. The van der Waals surface area contributed by atoms with Crippen LogP contribution in [0.3, 0.4) is 0 Å². The van der Waals surface area contributed by atoms with Crippen LogP contribution in [-0.2, 0) is 0 Å². The Morgan fingerprint density at radius 3 is 2.45 bits per heavy atom. The molecule has 0 aromatic carbocycles. The minimum absolute atomic E-state index is 0.665. The summed E-state index contributed by atoms with van der Waals surface area (Å²) in [7, 11) is 0. The molecule has 0 aliphatic heterocycles. The first kappa shape index (κ1) is 10.3. The molecule has 0 amide bonds. The van der Waals surface area contributed by atoms with Crippen LogP contribution < -0.4 is 5.73 Å². The molecule has 0 aromatic rings. The molecule has 0 fully saturated rings. The molecule has 0 aliphatic rings. The molecule has 1 nitrogen and oxygen atoms in total. The van der Waals surface area contributed by atoms with Crippen LogP contribution in [0, 0.1) is 5.92 Å². The van der Waals surface area contributed by atoms with Crippen molar-refractivity contribution in [2.45, 2.75) is 33.6 Å². The van der Waals surface area contributed by atoms with Crippen LogP contribution in [0.15, 0.2) is 23.9 Å². The Bertz CT molecular complexity index is 139. The molecule has 0 atom stereocenters. The fourth-order valence-electron chi connectivity index (χ4n) is 0.776. The van der Waals surface area contributed by atoms with E-state index >= 15 is 0 Å². The number of hydrogen-bond acceptors (Lipinski definition) is 1. The molecule has 0 rings (SSSR count). The van der Waals surface area contributed by atoms with E-state index in [0.717, 1.165) is 18.5 Å². The van der Waals surface area contributed by atoms with Crippen molar-refractivity contribution >= 4 is 0 Å². The third-order valence-corrected chi connectivity index (χ3v) is 1.32. The molecule has 0 radical (unpaired) electrons. The Balaban J connectivity index is 3.35. The lowest BCUT2D eigenvalue weighted by Gasteiger charge is -1.93. The highest BCUT2D eigenvalue weighted by Gasteiger charge is 1.82. The summed E-state index contributed by atoms with van der Waals surface area (Å²) in [6.45, 7) is 6.28. The fourth-order valence-corrected chi connectivity index (χ4v) is 0.776. The summed E-state index contributed by atoms with van der Waals surface area (Å²) in [5, 5.41) is 0. The third-order valence-electron chi connectivity index (χ3n) is 1.32. The van der Waals surface area contributed by atoms with E-state index in [1.54, 1.807) is 0 Å². The summed E-state index contributed by atoms with van der Waals surface area (Å²) in [5.74, 6) is 0.665. The van der Waals surface area contributed by atoms with Crippen LogP contribution in [0.5, 0.6) is 0 Å². The Morgan fingerprint density at radius 1 is 1.36 bits per heavy atom. The van der Waals surface area contributed by atoms with Gasteiger partial charge in [-0.2, -0.15) is 0 Å². The standard InChI is InChI=1S/C10H19N/c1-9(2)7-5-4-6-8-10(3)11/h5,7-9H,4,6,11H2,1-3H3/b7-5-,10-8?. The first-order valence-electron chi connectivity index (χ1n) is 4.22. The van der Waals surface area contributed by atoms with Gasteiger partial charge in [0.2, 0.25) is 0 Å². The van der Waals surface area contributed by atoms with Gasteiger partial charge in [-0.1, -0.05) is 32.1 Å². The second-order valence-electron chi connectivity index (χ2n) is 3.20. The highest BCUT2D eigenvalue weighted by molar-refractivity contribution is 4.94. The third kappa shape index (κ3) is 9.28. The van der Waals surface area contributed by atoms with Crippen LogP contribution in [0.1, 0.15) is 33.6 Å². The van der Waals surface area contributed by atoms with Crippen LogP contribution >= 0.6 is 0 Å². The maximum Gasteiger partial charge on any atom is 0.000844 e.